The van der Waals surface area contributed by atoms with E-state index >= 15 is 0 Å². The monoisotopic (exact) mass is 528 g/mol. The molecule has 38 heavy (non-hydrogen) atoms. The summed E-state index contributed by atoms with van der Waals surface area (Å²) in [6.45, 7) is 0.726. The second-order valence-corrected chi connectivity index (χ2v) is 10.6. The number of aromatic nitrogens is 3. The summed E-state index contributed by atoms with van der Waals surface area (Å²) < 4.78 is 6.07. The van der Waals surface area contributed by atoms with Gasteiger partial charge in [0, 0.05) is 41.3 Å². The first-order valence-corrected chi connectivity index (χ1v) is 13.6. The van der Waals surface area contributed by atoms with Crippen LogP contribution in [0.25, 0.3) is 28.5 Å². The van der Waals surface area contributed by atoms with E-state index in [0.717, 1.165) is 72.0 Å². The maximum Gasteiger partial charge on any atom is 0.285 e. The number of pyridine rings is 1. The molecule has 1 aromatic carbocycles. The van der Waals surface area contributed by atoms with Crippen molar-refractivity contribution in [2.75, 3.05) is 5.32 Å². The molecule has 0 bridgehead atoms. The number of thioether (sulfide) groups is 1. The molecule has 194 valence electrons. The van der Waals surface area contributed by atoms with Gasteiger partial charge in [-0.2, -0.15) is 0 Å². The second kappa shape index (κ2) is 10.9. The average Bonchev–Trinajstić information content (AvgIpc) is 3.50. The first-order chi connectivity index (χ1) is 18.6. The summed E-state index contributed by atoms with van der Waals surface area (Å²) in [7, 11) is 0. The van der Waals surface area contributed by atoms with Crippen LogP contribution in [0.1, 0.15) is 36.9 Å². The van der Waals surface area contributed by atoms with E-state index in [2.05, 4.69) is 43.0 Å². The van der Waals surface area contributed by atoms with Gasteiger partial charge in [-0.05, 0) is 73.4 Å². The van der Waals surface area contributed by atoms with Crippen LogP contribution in [0.3, 0.4) is 0 Å². The summed E-state index contributed by atoms with van der Waals surface area (Å²) in [5.41, 5.74) is 3.51. The molecular formula is C28H28N6O3S. The molecule has 4 N–H and O–H groups in total. The first kappa shape index (κ1) is 24.6. The van der Waals surface area contributed by atoms with Crippen molar-refractivity contribution in [2.24, 2.45) is 0 Å². The summed E-state index contributed by atoms with van der Waals surface area (Å²) in [5.74, 6) is 1.34. The van der Waals surface area contributed by atoms with E-state index in [1.807, 2.05) is 36.5 Å². The van der Waals surface area contributed by atoms with Crippen LogP contribution in [0.5, 0.6) is 0 Å². The van der Waals surface area contributed by atoms with Crippen LogP contribution in [0.15, 0.2) is 70.2 Å². The van der Waals surface area contributed by atoms with E-state index in [0.29, 0.717) is 22.6 Å². The molecular weight excluding hydrogens is 500 g/mol. The Bertz CT molecular complexity index is 1450. The molecule has 1 unspecified atom stereocenters. The van der Waals surface area contributed by atoms with Crippen molar-refractivity contribution in [3.05, 3.63) is 77.1 Å². The quantitative estimate of drug-likeness (QED) is 0.265. The lowest BCUT2D eigenvalue weighted by atomic mass is 9.91. The van der Waals surface area contributed by atoms with Crippen LogP contribution < -0.4 is 16.0 Å². The summed E-state index contributed by atoms with van der Waals surface area (Å²) in [6.07, 6.45) is 8.30. The Morgan fingerprint density at radius 2 is 1.89 bits per heavy atom. The van der Waals surface area contributed by atoms with Gasteiger partial charge in [0.05, 0.1) is 5.69 Å². The van der Waals surface area contributed by atoms with Crippen molar-refractivity contribution in [3.63, 3.8) is 0 Å². The third kappa shape index (κ3) is 5.57. The number of anilines is 1. The van der Waals surface area contributed by atoms with Gasteiger partial charge < -0.3 is 25.5 Å². The Morgan fingerprint density at radius 1 is 1.05 bits per heavy atom. The number of rotatable bonds is 7. The first-order valence-electron chi connectivity index (χ1n) is 12.7. The molecule has 4 aromatic rings. The SMILES string of the molecule is O=C1NC(O)/C(=C/c2ccnc(N[C@H]3CC[C@H](NCc4cccnc4-c4cc5ccccc5o4)CC3)n2)S1. The van der Waals surface area contributed by atoms with Crippen LogP contribution in [-0.4, -0.2) is 43.6 Å². The number of nitrogens with one attached hydrogen (secondary N) is 3. The van der Waals surface area contributed by atoms with Crippen molar-refractivity contribution in [2.45, 2.75) is 50.5 Å². The van der Waals surface area contributed by atoms with Crippen molar-refractivity contribution < 1.29 is 14.3 Å². The topological polar surface area (TPSA) is 125 Å². The van der Waals surface area contributed by atoms with Crippen LogP contribution in [0, 0.1) is 0 Å². The fourth-order valence-electron chi connectivity index (χ4n) is 4.93. The number of furan rings is 1. The zero-order valence-electron chi connectivity index (χ0n) is 20.6. The Hall–Kier alpha value is -3.73. The fraction of sp³-hybridized carbons (Fsp3) is 0.286. The number of nitrogens with zero attached hydrogens (tertiary/aromatic N) is 3. The Balaban J connectivity index is 1.03. The molecule has 3 aromatic heterocycles. The van der Waals surface area contributed by atoms with Crippen LogP contribution >= 0.6 is 11.8 Å². The van der Waals surface area contributed by atoms with Gasteiger partial charge in [0.1, 0.15) is 11.3 Å². The molecule has 1 aliphatic heterocycles. The number of hydrogen-bond donors (Lipinski definition) is 4. The maximum atomic E-state index is 11.4. The lowest BCUT2D eigenvalue weighted by molar-refractivity contribution is 0.192. The summed E-state index contributed by atoms with van der Waals surface area (Å²) in [4.78, 5) is 25.5. The zero-order valence-corrected chi connectivity index (χ0v) is 21.4. The van der Waals surface area contributed by atoms with Gasteiger partial charge >= 0.3 is 0 Å². The minimum atomic E-state index is -0.983. The van der Waals surface area contributed by atoms with Gasteiger partial charge in [0.25, 0.3) is 5.24 Å². The molecule has 1 saturated heterocycles. The van der Waals surface area contributed by atoms with Gasteiger partial charge in [0.15, 0.2) is 12.0 Å². The fourth-order valence-corrected chi connectivity index (χ4v) is 5.67. The average molecular weight is 529 g/mol. The molecule has 1 saturated carbocycles. The predicted octanol–water partition coefficient (Wildman–Crippen LogP) is 4.91. The van der Waals surface area contributed by atoms with Crippen molar-refractivity contribution in [1.29, 1.82) is 0 Å². The number of fused-ring (bicyclic) bond motifs is 1. The van der Waals surface area contributed by atoms with Gasteiger partial charge in [-0.1, -0.05) is 24.3 Å². The van der Waals surface area contributed by atoms with Gasteiger partial charge in [0.2, 0.25) is 5.95 Å². The highest BCUT2D eigenvalue weighted by Gasteiger charge is 2.26. The van der Waals surface area contributed by atoms with Gasteiger partial charge in [-0.15, -0.1) is 0 Å². The minimum Gasteiger partial charge on any atom is -0.454 e. The number of amides is 1. The summed E-state index contributed by atoms with van der Waals surface area (Å²) in [6, 6.07) is 16.6. The summed E-state index contributed by atoms with van der Waals surface area (Å²) in [5, 5.41) is 20.3. The van der Waals surface area contributed by atoms with Crippen LogP contribution in [0.2, 0.25) is 0 Å². The smallest absolute Gasteiger partial charge is 0.285 e. The number of aliphatic hydroxyl groups excluding tert-OH is 1. The molecule has 10 heteroatoms. The molecule has 2 fully saturated rings. The van der Waals surface area contributed by atoms with Crippen molar-refractivity contribution in [1.82, 2.24) is 25.6 Å². The molecule has 6 rings (SSSR count). The zero-order chi connectivity index (χ0) is 25.9. The lowest BCUT2D eigenvalue weighted by Crippen LogP contribution is -2.37. The highest BCUT2D eigenvalue weighted by Crippen LogP contribution is 2.30. The van der Waals surface area contributed by atoms with Crippen molar-refractivity contribution >= 4 is 40.0 Å². The molecule has 0 radical (unpaired) electrons. The number of benzene rings is 1. The van der Waals surface area contributed by atoms with Crippen LogP contribution in [-0.2, 0) is 6.54 Å². The lowest BCUT2D eigenvalue weighted by Gasteiger charge is -2.30. The van der Waals surface area contributed by atoms with Gasteiger partial charge in [-0.3, -0.25) is 9.78 Å². The highest BCUT2D eigenvalue weighted by atomic mass is 32.2. The molecule has 2 aliphatic rings. The van der Waals surface area contributed by atoms with Gasteiger partial charge in [-0.25, -0.2) is 9.97 Å². The molecule has 1 aliphatic carbocycles. The highest BCUT2D eigenvalue weighted by molar-refractivity contribution is 8.17. The Kier molecular flexibility index (Phi) is 7.08. The van der Waals surface area contributed by atoms with E-state index in [1.165, 1.54) is 0 Å². The summed E-state index contributed by atoms with van der Waals surface area (Å²) >= 11 is 0.978. The van der Waals surface area contributed by atoms with E-state index in [4.69, 9.17) is 4.42 Å². The third-order valence-electron chi connectivity index (χ3n) is 6.89. The van der Waals surface area contributed by atoms with Crippen LogP contribution in [0.4, 0.5) is 10.7 Å². The number of para-hydroxylation sites is 1. The Labute approximate surface area is 224 Å². The molecule has 0 spiro atoms. The van der Waals surface area contributed by atoms with E-state index in [9.17, 15) is 9.90 Å². The molecule has 4 heterocycles. The number of aliphatic hydroxyl groups is 1. The maximum absolute atomic E-state index is 11.4. The van der Waals surface area contributed by atoms with Crippen molar-refractivity contribution in [3.8, 4) is 11.5 Å². The second-order valence-electron chi connectivity index (χ2n) is 9.52. The standard InChI is InChI=1S/C28H28N6O3S/c35-26-24(38-28(36)34-26)15-21-11-13-30-27(33-21)32-20-9-7-19(8-10-20)31-16-18-5-3-12-29-25(18)23-14-17-4-1-2-6-22(17)37-23/h1-6,11-15,19-20,26,31,35H,7-10,16H2,(H,34,36)(H,30,32,33)/b24-15-/t19-,20-,26?. The number of carbonyl (C=O) groups excluding carboxylic acids is 1. The molecule has 1 atom stereocenters. The number of hydrogen-bond acceptors (Lipinski definition) is 9. The minimum absolute atomic E-state index is 0.268. The molecule has 1 amide bonds. The third-order valence-corrected chi connectivity index (χ3v) is 7.77. The largest absolute Gasteiger partial charge is 0.454 e. The normalized spacial score (nSPS) is 22.6. The predicted molar refractivity (Wildman–Crippen MR) is 148 cm³/mol. The van der Waals surface area contributed by atoms with E-state index in [-0.39, 0.29) is 11.3 Å². The Morgan fingerprint density at radius 3 is 2.71 bits per heavy atom. The molecule has 9 nitrogen and oxygen atoms in total. The van der Waals surface area contributed by atoms with E-state index < -0.39 is 6.23 Å². The van der Waals surface area contributed by atoms with E-state index in [1.54, 1.807) is 18.3 Å². The number of carbonyl (C=O) groups is 1.